The van der Waals surface area contributed by atoms with Crippen LogP contribution in [0.3, 0.4) is 0 Å². The van der Waals surface area contributed by atoms with Crippen LogP contribution in [0.25, 0.3) is 0 Å². The normalized spacial score (nSPS) is 9.08. The molecule has 0 aromatic carbocycles. The van der Waals surface area contributed by atoms with Gasteiger partial charge in [0.15, 0.2) is 0 Å². The minimum atomic E-state index is -1.59. The molecular weight excluding hydrogens is 160 g/mol. The number of carbonyl (C=O) groups excluding carboxylic acids is 2. The summed E-state index contributed by atoms with van der Waals surface area (Å²) in [7, 11) is 0. The molecule has 0 bridgehead atoms. The molecule has 0 saturated carbocycles. The minimum absolute atomic E-state index is 0.224. The Morgan fingerprint density at radius 2 is 2.08 bits per heavy atom. The summed E-state index contributed by atoms with van der Waals surface area (Å²) >= 11 is 0. The average Bonchev–Trinajstić information content (AvgIpc) is 2.03. The Bertz CT molecular complexity index is 195. The maximum Gasteiger partial charge on any atom is 0.339 e. The Morgan fingerprint density at radius 3 is 2.50 bits per heavy atom. The molecule has 0 amide bonds. The number of carbonyl (C=O) groups is 2. The van der Waals surface area contributed by atoms with Crippen LogP contribution in [0.2, 0.25) is 0 Å². The summed E-state index contributed by atoms with van der Waals surface area (Å²) in [5, 5.41) is 10.1. The fraction of sp³-hybridized carbons (Fsp3) is 0.500. The standard InChI is InChI=1S/C8H12O4/c1-3-4-5-12-8(11)6(2)7(9)10/h2-5H2,1H3,(H,9,10)/p-1. The molecule has 0 aliphatic carbocycles. The summed E-state index contributed by atoms with van der Waals surface area (Å²) in [6.45, 7) is 5.15. The Hall–Kier alpha value is -1.32. The predicted molar refractivity (Wildman–Crippen MR) is 40.0 cm³/mol. The molecule has 0 unspecified atom stereocenters. The van der Waals surface area contributed by atoms with Gasteiger partial charge in [-0.3, -0.25) is 0 Å². The molecule has 0 heterocycles. The summed E-state index contributed by atoms with van der Waals surface area (Å²) in [5.41, 5.74) is -0.633. The second-order valence-electron chi connectivity index (χ2n) is 2.26. The topological polar surface area (TPSA) is 66.4 Å². The molecule has 0 aromatic rings. The highest BCUT2D eigenvalue weighted by molar-refractivity contribution is 6.11. The van der Waals surface area contributed by atoms with E-state index in [4.69, 9.17) is 0 Å². The lowest BCUT2D eigenvalue weighted by molar-refractivity contribution is -0.299. The average molecular weight is 171 g/mol. The number of hydrogen-bond donors (Lipinski definition) is 0. The molecule has 4 heteroatoms. The van der Waals surface area contributed by atoms with Crippen LogP contribution in [0.5, 0.6) is 0 Å². The van der Waals surface area contributed by atoms with Crippen LogP contribution >= 0.6 is 0 Å². The number of carboxylic acids is 1. The lowest BCUT2D eigenvalue weighted by atomic mass is 10.3. The molecule has 0 saturated heterocycles. The maximum absolute atomic E-state index is 10.7. The zero-order valence-electron chi connectivity index (χ0n) is 6.96. The molecule has 0 fully saturated rings. The zero-order chi connectivity index (χ0) is 9.56. The van der Waals surface area contributed by atoms with E-state index in [-0.39, 0.29) is 6.61 Å². The van der Waals surface area contributed by atoms with Gasteiger partial charge in [-0.2, -0.15) is 0 Å². The van der Waals surface area contributed by atoms with Gasteiger partial charge >= 0.3 is 5.97 Å². The summed E-state index contributed by atoms with van der Waals surface area (Å²) in [6.07, 6.45) is 1.59. The van der Waals surface area contributed by atoms with Crippen LogP contribution in [-0.4, -0.2) is 18.5 Å². The van der Waals surface area contributed by atoms with Crippen molar-refractivity contribution in [3.05, 3.63) is 12.2 Å². The number of carboxylic acid groups (broad SMARTS) is 1. The zero-order valence-corrected chi connectivity index (χ0v) is 6.96. The van der Waals surface area contributed by atoms with Gasteiger partial charge in [-0.1, -0.05) is 19.9 Å². The number of ether oxygens (including phenoxy) is 1. The van der Waals surface area contributed by atoms with Gasteiger partial charge in [-0.15, -0.1) is 0 Å². The third kappa shape index (κ3) is 3.75. The first-order chi connectivity index (χ1) is 5.59. The largest absolute Gasteiger partial charge is 0.545 e. The van der Waals surface area contributed by atoms with Crippen molar-refractivity contribution in [2.45, 2.75) is 19.8 Å². The third-order valence-electron chi connectivity index (χ3n) is 1.22. The first kappa shape index (κ1) is 10.7. The summed E-state index contributed by atoms with van der Waals surface area (Å²) < 4.78 is 4.55. The molecule has 0 aliphatic heterocycles. The van der Waals surface area contributed by atoms with Crippen LogP contribution in [0.4, 0.5) is 0 Å². The Balaban J connectivity index is 3.73. The quantitative estimate of drug-likeness (QED) is 0.186. The van der Waals surface area contributed by atoms with E-state index in [1.54, 1.807) is 0 Å². The number of rotatable bonds is 5. The van der Waals surface area contributed by atoms with E-state index in [0.29, 0.717) is 6.42 Å². The monoisotopic (exact) mass is 171 g/mol. The van der Waals surface area contributed by atoms with E-state index in [1.165, 1.54) is 0 Å². The number of hydrogen-bond acceptors (Lipinski definition) is 4. The van der Waals surface area contributed by atoms with Crippen molar-refractivity contribution < 1.29 is 19.4 Å². The molecule has 0 N–H and O–H groups in total. The lowest BCUT2D eigenvalue weighted by Gasteiger charge is -2.06. The molecular formula is C8H11O4-. The summed E-state index contributed by atoms with van der Waals surface area (Å²) in [4.78, 5) is 20.8. The fourth-order valence-corrected chi connectivity index (χ4v) is 0.480. The highest BCUT2D eigenvalue weighted by atomic mass is 16.5. The van der Waals surface area contributed by atoms with Gasteiger partial charge in [0, 0.05) is 0 Å². The van der Waals surface area contributed by atoms with Gasteiger partial charge in [0.05, 0.1) is 18.1 Å². The minimum Gasteiger partial charge on any atom is -0.545 e. The van der Waals surface area contributed by atoms with Crippen molar-refractivity contribution in [1.29, 1.82) is 0 Å². The maximum atomic E-state index is 10.7. The van der Waals surface area contributed by atoms with Crippen LogP contribution in [0.1, 0.15) is 19.8 Å². The second kappa shape index (κ2) is 5.35. The lowest BCUT2D eigenvalue weighted by Crippen LogP contribution is -2.29. The van der Waals surface area contributed by atoms with Crippen molar-refractivity contribution in [3.63, 3.8) is 0 Å². The Morgan fingerprint density at radius 1 is 1.50 bits per heavy atom. The van der Waals surface area contributed by atoms with Gasteiger partial charge in [-0.25, -0.2) is 4.79 Å². The molecule has 0 atom stereocenters. The van der Waals surface area contributed by atoms with Gasteiger partial charge in [0.25, 0.3) is 0 Å². The van der Waals surface area contributed by atoms with Crippen molar-refractivity contribution in [3.8, 4) is 0 Å². The van der Waals surface area contributed by atoms with Crippen LogP contribution in [0.15, 0.2) is 12.2 Å². The first-order valence-electron chi connectivity index (χ1n) is 3.67. The van der Waals surface area contributed by atoms with E-state index >= 15 is 0 Å². The van der Waals surface area contributed by atoms with Crippen molar-refractivity contribution >= 4 is 11.9 Å². The predicted octanol–water partition coefficient (Wildman–Crippen LogP) is -0.364. The summed E-state index contributed by atoms with van der Waals surface area (Å²) in [5.74, 6) is -2.50. The highest BCUT2D eigenvalue weighted by Crippen LogP contribution is 1.95. The smallest absolute Gasteiger partial charge is 0.339 e. The van der Waals surface area contributed by atoms with E-state index in [2.05, 4.69) is 11.3 Å². The van der Waals surface area contributed by atoms with Crippen LogP contribution in [-0.2, 0) is 14.3 Å². The molecule has 68 valence electrons. The molecule has 0 radical (unpaired) electrons. The fourth-order valence-electron chi connectivity index (χ4n) is 0.480. The van der Waals surface area contributed by atoms with E-state index in [1.807, 2.05) is 6.92 Å². The van der Waals surface area contributed by atoms with Crippen molar-refractivity contribution in [2.75, 3.05) is 6.61 Å². The van der Waals surface area contributed by atoms with Gasteiger partial charge in [0.1, 0.15) is 0 Å². The Labute approximate surface area is 70.8 Å². The first-order valence-corrected chi connectivity index (χ1v) is 3.67. The van der Waals surface area contributed by atoms with Crippen LogP contribution in [0, 0.1) is 0 Å². The number of esters is 1. The second-order valence-corrected chi connectivity index (χ2v) is 2.26. The van der Waals surface area contributed by atoms with Gasteiger partial charge in [0.2, 0.25) is 0 Å². The van der Waals surface area contributed by atoms with Crippen molar-refractivity contribution in [1.82, 2.24) is 0 Å². The summed E-state index contributed by atoms with van der Waals surface area (Å²) in [6, 6.07) is 0. The SMILES string of the molecule is C=C(C(=O)[O-])C(=O)OCCCC. The molecule has 0 aromatic heterocycles. The molecule has 4 nitrogen and oxygen atoms in total. The molecule has 0 aliphatic rings. The van der Waals surface area contributed by atoms with Crippen LogP contribution < -0.4 is 5.11 Å². The highest BCUT2D eigenvalue weighted by Gasteiger charge is 2.07. The Kier molecular flexibility index (Phi) is 4.76. The van der Waals surface area contributed by atoms with E-state index in [0.717, 1.165) is 6.42 Å². The van der Waals surface area contributed by atoms with Gasteiger partial charge < -0.3 is 14.6 Å². The number of unbranched alkanes of at least 4 members (excludes halogenated alkanes) is 1. The van der Waals surface area contributed by atoms with E-state index < -0.39 is 17.5 Å². The number of aliphatic carboxylic acids is 1. The third-order valence-corrected chi connectivity index (χ3v) is 1.22. The van der Waals surface area contributed by atoms with Crippen molar-refractivity contribution in [2.24, 2.45) is 0 Å². The van der Waals surface area contributed by atoms with E-state index in [9.17, 15) is 14.7 Å². The molecule has 0 rings (SSSR count). The molecule has 12 heavy (non-hydrogen) atoms. The van der Waals surface area contributed by atoms with Gasteiger partial charge in [-0.05, 0) is 6.42 Å². The molecule has 0 spiro atoms.